The maximum Gasteiger partial charge on any atom is 0.225 e. The molecule has 8 heteroatoms. The number of aromatic nitrogens is 3. The summed E-state index contributed by atoms with van der Waals surface area (Å²) in [5, 5.41) is 10.7. The van der Waals surface area contributed by atoms with Crippen LogP contribution in [0, 0.1) is 3.57 Å². The molecule has 0 unspecified atom stereocenters. The van der Waals surface area contributed by atoms with Crippen molar-refractivity contribution in [3.05, 3.63) is 46.3 Å². The topological polar surface area (TPSA) is 72.6 Å². The van der Waals surface area contributed by atoms with Gasteiger partial charge >= 0.3 is 0 Å². The molecule has 1 aromatic carbocycles. The molecule has 27 heavy (non-hydrogen) atoms. The lowest BCUT2D eigenvalue weighted by molar-refractivity contribution is 0.122. The first-order chi connectivity index (χ1) is 13.2. The lowest BCUT2D eigenvalue weighted by Crippen LogP contribution is -2.36. The molecule has 2 aromatic heterocycles. The van der Waals surface area contributed by atoms with Crippen molar-refractivity contribution < 1.29 is 14.7 Å². The summed E-state index contributed by atoms with van der Waals surface area (Å²) in [6.07, 6.45) is 3.32. The molecular formula is C19H19IN4O3. The van der Waals surface area contributed by atoms with Crippen LogP contribution in [0.2, 0.25) is 0 Å². The molecule has 4 rings (SSSR count). The molecule has 0 aliphatic carbocycles. The van der Waals surface area contributed by atoms with E-state index in [0.29, 0.717) is 23.0 Å². The molecular weight excluding hydrogens is 459 g/mol. The summed E-state index contributed by atoms with van der Waals surface area (Å²) in [4.78, 5) is 10.9. The zero-order chi connectivity index (χ0) is 18.8. The molecule has 140 valence electrons. The third-order valence-electron chi connectivity index (χ3n) is 4.56. The second-order valence-electron chi connectivity index (χ2n) is 6.10. The first kappa shape index (κ1) is 18.1. The van der Waals surface area contributed by atoms with Crippen molar-refractivity contribution in [2.24, 2.45) is 0 Å². The molecule has 3 aromatic rings. The van der Waals surface area contributed by atoms with Gasteiger partial charge in [-0.1, -0.05) is 12.1 Å². The van der Waals surface area contributed by atoms with E-state index in [4.69, 9.17) is 9.47 Å². The van der Waals surface area contributed by atoms with Crippen LogP contribution in [0.4, 0.5) is 5.69 Å². The van der Waals surface area contributed by atoms with E-state index in [1.807, 2.05) is 18.2 Å². The number of anilines is 1. The summed E-state index contributed by atoms with van der Waals surface area (Å²) < 4.78 is 12.7. The zero-order valence-corrected chi connectivity index (χ0v) is 17.0. The summed E-state index contributed by atoms with van der Waals surface area (Å²) in [7, 11) is 1.55. The highest BCUT2D eigenvalue weighted by atomic mass is 127. The number of imidazole rings is 1. The maximum absolute atomic E-state index is 10.7. The fraction of sp³-hybridized carbons (Fsp3) is 0.263. The van der Waals surface area contributed by atoms with E-state index in [2.05, 4.69) is 49.6 Å². The molecule has 7 nitrogen and oxygen atoms in total. The monoisotopic (exact) mass is 478 g/mol. The molecule has 1 aliphatic rings. The number of halogens is 1. The van der Waals surface area contributed by atoms with E-state index >= 15 is 0 Å². The van der Waals surface area contributed by atoms with Crippen LogP contribution >= 0.6 is 22.6 Å². The number of rotatable bonds is 4. The van der Waals surface area contributed by atoms with E-state index in [1.165, 1.54) is 0 Å². The summed E-state index contributed by atoms with van der Waals surface area (Å²) >= 11 is 2.18. The van der Waals surface area contributed by atoms with Crippen molar-refractivity contribution in [2.45, 2.75) is 0 Å². The summed E-state index contributed by atoms with van der Waals surface area (Å²) in [6.45, 7) is 3.28. The predicted octanol–water partition coefficient (Wildman–Crippen LogP) is 3.30. The molecule has 0 saturated carbocycles. The van der Waals surface area contributed by atoms with Crippen molar-refractivity contribution in [1.29, 1.82) is 0 Å². The Hall–Kier alpha value is -2.33. The third-order valence-corrected chi connectivity index (χ3v) is 5.46. The van der Waals surface area contributed by atoms with Gasteiger partial charge < -0.3 is 19.6 Å². The number of ether oxygens (including phenoxy) is 2. The minimum Gasteiger partial charge on any atom is -0.480 e. The number of nitrogens with zero attached hydrogens (tertiary/aromatic N) is 4. The molecule has 0 amide bonds. The number of hydrogen-bond donors (Lipinski definition) is 1. The standard InChI is InChI=1S/C19H19IN4O3/c1-26-19-17(15(20)6-7-21-19)18-22-12-16(24(18)25)13-2-4-14(5-3-13)23-8-10-27-11-9-23/h2-7,12,25H,8-11H2,1H3. The van der Waals surface area contributed by atoms with Gasteiger partial charge in [0.15, 0.2) is 5.82 Å². The van der Waals surface area contributed by atoms with Crippen molar-refractivity contribution in [1.82, 2.24) is 14.7 Å². The average Bonchev–Trinajstić information content (AvgIpc) is 3.09. The lowest BCUT2D eigenvalue weighted by atomic mass is 10.1. The Bertz CT molecular complexity index is 937. The van der Waals surface area contributed by atoms with Gasteiger partial charge in [-0.15, -0.1) is 0 Å². The van der Waals surface area contributed by atoms with Crippen LogP contribution in [0.15, 0.2) is 42.7 Å². The minimum absolute atomic E-state index is 0.400. The van der Waals surface area contributed by atoms with Gasteiger partial charge in [-0.05, 0) is 40.8 Å². The van der Waals surface area contributed by atoms with E-state index < -0.39 is 0 Å². The van der Waals surface area contributed by atoms with Crippen LogP contribution in [-0.2, 0) is 4.74 Å². The van der Waals surface area contributed by atoms with Crippen LogP contribution in [0.25, 0.3) is 22.6 Å². The number of benzene rings is 1. The van der Waals surface area contributed by atoms with E-state index in [1.54, 1.807) is 19.5 Å². The highest BCUT2D eigenvalue weighted by Crippen LogP contribution is 2.34. The third kappa shape index (κ3) is 3.46. The van der Waals surface area contributed by atoms with Crippen molar-refractivity contribution in [3.63, 3.8) is 0 Å². The zero-order valence-electron chi connectivity index (χ0n) is 14.8. The Morgan fingerprint density at radius 2 is 1.85 bits per heavy atom. The Kier molecular flexibility index (Phi) is 5.17. The molecule has 0 spiro atoms. The predicted molar refractivity (Wildman–Crippen MR) is 110 cm³/mol. The molecule has 0 radical (unpaired) electrons. The van der Waals surface area contributed by atoms with E-state index in [0.717, 1.165) is 45.9 Å². The first-order valence-corrected chi connectivity index (χ1v) is 9.66. The molecule has 1 fully saturated rings. The fourth-order valence-electron chi connectivity index (χ4n) is 3.16. The number of morpholine rings is 1. The van der Waals surface area contributed by atoms with Crippen LogP contribution in [0.5, 0.6) is 5.88 Å². The highest BCUT2D eigenvalue weighted by molar-refractivity contribution is 14.1. The van der Waals surface area contributed by atoms with Gasteiger partial charge in [0.05, 0.1) is 32.1 Å². The van der Waals surface area contributed by atoms with Crippen LogP contribution in [-0.4, -0.2) is 53.3 Å². The largest absolute Gasteiger partial charge is 0.480 e. The molecule has 1 N–H and O–H groups in total. The van der Waals surface area contributed by atoms with E-state index in [-0.39, 0.29) is 0 Å². The SMILES string of the molecule is COc1nccc(I)c1-c1ncc(-c2ccc(N3CCOCC3)cc2)n1O. The Labute approximate surface area is 170 Å². The van der Waals surface area contributed by atoms with Gasteiger partial charge in [0, 0.05) is 34.1 Å². The van der Waals surface area contributed by atoms with Crippen molar-refractivity contribution in [2.75, 3.05) is 38.3 Å². The number of methoxy groups -OCH3 is 1. The first-order valence-electron chi connectivity index (χ1n) is 8.58. The van der Waals surface area contributed by atoms with Gasteiger partial charge in [0.1, 0.15) is 5.69 Å². The maximum atomic E-state index is 10.7. The number of hydrogen-bond acceptors (Lipinski definition) is 6. The Morgan fingerprint density at radius 1 is 1.11 bits per heavy atom. The summed E-state index contributed by atoms with van der Waals surface area (Å²) in [6, 6.07) is 9.95. The average molecular weight is 478 g/mol. The Balaban J connectivity index is 1.67. The molecule has 0 atom stereocenters. The summed E-state index contributed by atoms with van der Waals surface area (Å²) in [5.74, 6) is 0.827. The second-order valence-corrected chi connectivity index (χ2v) is 7.26. The van der Waals surface area contributed by atoms with Crippen LogP contribution < -0.4 is 9.64 Å². The van der Waals surface area contributed by atoms with Gasteiger partial charge in [0.25, 0.3) is 0 Å². The van der Waals surface area contributed by atoms with Crippen molar-refractivity contribution >= 4 is 28.3 Å². The lowest BCUT2D eigenvalue weighted by Gasteiger charge is -2.28. The quantitative estimate of drug-likeness (QED) is 0.459. The van der Waals surface area contributed by atoms with Gasteiger partial charge in [-0.2, -0.15) is 4.73 Å². The number of pyridine rings is 1. The van der Waals surface area contributed by atoms with Crippen molar-refractivity contribution in [3.8, 4) is 28.5 Å². The van der Waals surface area contributed by atoms with Gasteiger partial charge in [-0.3, -0.25) is 0 Å². The molecule has 1 aliphatic heterocycles. The van der Waals surface area contributed by atoms with Crippen LogP contribution in [0.1, 0.15) is 0 Å². The highest BCUT2D eigenvalue weighted by Gasteiger charge is 2.20. The minimum atomic E-state index is 0.400. The Morgan fingerprint density at radius 3 is 2.56 bits per heavy atom. The van der Waals surface area contributed by atoms with Crippen LogP contribution in [0.3, 0.4) is 0 Å². The summed E-state index contributed by atoms with van der Waals surface area (Å²) in [5.41, 5.74) is 3.31. The van der Waals surface area contributed by atoms with Gasteiger partial charge in [0.2, 0.25) is 5.88 Å². The molecule has 0 bridgehead atoms. The molecule has 3 heterocycles. The second kappa shape index (κ2) is 7.73. The molecule has 1 saturated heterocycles. The fourth-order valence-corrected chi connectivity index (χ4v) is 3.79. The normalized spacial score (nSPS) is 14.4. The van der Waals surface area contributed by atoms with Gasteiger partial charge in [-0.25, -0.2) is 9.97 Å². The van der Waals surface area contributed by atoms with E-state index in [9.17, 15) is 5.21 Å². The smallest absolute Gasteiger partial charge is 0.225 e.